The van der Waals surface area contributed by atoms with E-state index in [2.05, 4.69) is 10.3 Å². The number of hydrogen-bond acceptors (Lipinski definition) is 4. The highest BCUT2D eigenvalue weighted by molar-refractivity contribution is 8.00. The number of carbonyl (C=O) groups excluding carboxylic acids is 1. The molecule has 21 heavy (non-hydrogen) atoms. The van der Waals surface area contributed by atoms with Gasteiger partial charge in [0.15, 0.2) is 0 Å². The summed E-state index contributed by atoms with van der Waals surface area (Å²) in [5.74, 6) is -0.733. The number of amides is 1. The highest BCUT2D eigenvalue weighted by Gasteiger charge is 2.15. The van der Waals surface area contributed by atoms with E-state index in [0.717, 1.165) is 0 Å². The zero-order chi connectivity index (χ0) is 15.4. The lowest BCUT2D eigenvalue weighted by Crippen LogP contribution is -2.22. The van der Waals surface area contributed by atoms with Crippen molar-refractivity contribution in [1.29, 1.82) is 0 Å². The maximum absolute atomic E-state index is 13.1. The number of aromatic nitrogens is 1. The topological polar surface area (TPSA) is 68.0 Å². The van der Waals surface area contributed by atoms with Crippen LogP contribution in [0.5, 0.6) is 0 Å². The van der Waals surface area contributed by atoms with Gasteiger partial charge in [0, 0.05) is 11.9 Å². The molecule has 0 fully saturated rings. The Morgan fingerprint density at radius 2 is 2.19 bits per heavy atom. The van der Waals surface area contributed by atoms with Crippen LogP contribution >= 0.6 is 23.4 Å². The molecule has 110 valence electrons. The number of benzene rings is 1. The minimum absolute atomic E-state index is 0.00697. The second-order valence-electron chi connectivity index (χ2n) is 4.30. The first-order chi connectivity index (χ1) is 9.95. The summed E-state index contributed by atoms with van der Waals surface area (Å²) in [7, 11) is 0. The zero-order valence-electron chi connectivity index (χ0n) is 11.1. The molecule has 1 heterocycles. The maximum atomic E-state index is 13.1. The third kappa shape index (κ3) is 4.34. The molecule has 1 unspecified atom stereocenters. The number of rotatable bonds is 4. The summed E-state index contributed by atoms with van der Waals surface area (Å²) in [6, 6.07) is 7.50. The van der Waals surface area contributed by atoms with Crippen LogP contribution in [0.15, 0.2) is 41.6 Å². The third-order valence-electron chi connectivity index (χ3n) is 2.63. The second-order valence-corrected chi connectivity index (χ2v) is 6.10. The molecule has 7 heteroatoms. The van der Waals surface area contributed by atoms with Crippen molar-refractivity contribution < 1.29 is 9.18 Å². The molecule has 4 nitrogen and oxygen atoms in total. The number of thioether (sulfide) groups is 1. The SMILES string of the molecule is CC(Sc1ccc(Cl)cn1)C(=O)Nc1ccc(F)c(N)c1. The molecule has 1 aromatic heterocycles. The molecule has 0 spiro atoms. The van der Waals surface area contributed by atoms with Crippen molar-refractivity contribution in [2.45, 2.75) is 17.2 Å². The van der Waals surface area contributed by atoms with E-state index in [1.165, 1.54) is 36.2 Å². The van der Waals surface area contributed by atoms with Crippen molar-refractivity contribution in [3.63, 3.8) is 0 Å². The number of nitrogens with zero attached hydrogens (tertiary/aromatic N) is 1. The van der Waals surface area contributed by atoms with Gasteiger partial charge in [-0.25, -0.2) is 9.37 Å². The van der Waals surface area contributed by atoms with Crippen LogP contribution in [0.2, 0.25) is 5.02 Å². The van der Waals surface area contributed by atoms with Gasteiger partial charge in [-0.2, -0.15) is 0 Å². The van der Waals surface area contributed by atoms with Crippen LogP contribution in [-0.2, 0) is 4.79 Å². The number of nitrogen functional groups attached to an aromatic ring is 1. The quantitative estimate of drug-likeness (QED) is 0.666. The van der Waals surface area contributed by atoms with E-state index in [1.807, 2.05) is 0 Å². The molecule has 0 saturated carbocycles. The molecule has 0 aliphatic heterocycles. The van der Waals surface area contributed by atoms with Crippen molar-refractivity contribution >= 4 is 40.6 Å². The smallest absolute Gasteiger partial charge is 0.237 e. The molecule has 1 atom stereocenters. The summed E-state index contributed by atoms with van der Waals surface area (Å²) < 4.78 is 13.1. The van der Waals surface area contributed by atoms with Crippen molar-refractivity contribution in [3.8, 4) is 0 Å². The maximum Gasteiger partial charge on any atom is 0.237 e. The van der Waals surface area contributed by atoms with E-state index < -0.39 is 5.82 Å². The molecule has 0 aliphatic carbocycles. The van der Waals surface area contributed by atoms with E-state index in [0.29, 0.717) is 15.7 Å². The van der Waals surface area contributed by atoms with E-state index in [-0.39, 0.29) is 16.8 Å². The van der Waals surface area contributed by atoms with Crippen molar-refractivity contribution in [2.75, 3.05) is 11.1 Å². The fraction of sp³-hybridized carbons (Fsp3) is 0.143. The molecule has 0 saturated heterocycles. The van der Waals surface area contributed by atoms with Crippen molar-refractivity contribution in [2.24, 2.45) is 0 Å². The molecule has 0 aliphatic rings. The van der Waals surface area contributed by atoms with Crippen LogP contribution in [0.1, 0.15) is 6.92 Å². The number of anilines is 2. The highest BCUT2D eigenvalue weighted by atomic mass is 35.5. The van der Waals surface area contributed by atoms with Crippen LogP contribution < -0.4 is 11.1 Å². The number of nitrogens with one attached hydrogen (secondary N) is 1. The van der Waals surface area contributed by atoms with Gasteiger partial charge < -0.3 is 11.1 Å². The van der Waals surface area contributed by atoms with E-state index in [9.17, 15) is 9.18 Å². The van der Waals surface area contributed by atoms with Crippen LogP contribution in [0.4, 0.5) is 15.8 Å². The molecule has 3 N–H and O–H groups in total. The normalized spacial score (nSPS) is 12.0. The highest BCUT2D eigenvalue weighted by Crippen LogP contribution is 2.24. The zero-order valence-corrected chi connectivity index (χ0v) is 12.7. The van der Waals surface area contributed by atoms with Gasteiger partial charge >= 0.3 is 0 Å². The van der Waals surface area contributed by atoms with Crippen molar-refractivity contribution in [1.82, 2.24) is 4.98 Å². The summed E-state index contributed by atoms with van der Waals surface area (Å²) in [4.78, 5) is 16.2. The summed E-state index contributed by atoms with van der Waals surface area (Å²) >= 11 is 7.05. The number of carbonyl (C=O) groups is 1. The fourth-order valence-corrected chi connectivity index (χ4v) is 2.43. The Labute approximate surface area is 130 Å². The Kier molecular flexibility index (Phi) is 5.03. The minimum atomic E-state index is -0.513. The molecule has 0 bridgehead atoms. The Balaban J connectivity index is 1.98. The van der Waals surface area contributed by atoms with E-state index in [1.54, 1.807) is 19.1 Å². The standard InChI is InChI=1S/C14H13ClFN3OS/c1-8(21-13-5-2-9(15)7-18-13)14(20)19-10-3-4-11(16)12(17)6-10/h2-8H,17H2,1H3,(H,19,20). The van der Waals surface area contributed by atoms with Gasteiger partial charge in [-0.3, -0.25) is 4.79 Å². The third-order valence-corrected chi connectivity index (χ3v) is 3.90. The van der Waals surface area contributed by atoms with E-state index in [4.69, 9.17) is 17.3 Å². The predicted octanol–water partition coefficient (Wildman–Crippen LogP) is 3.58. The molecule has 1 amide bonds. The van der Waals surface area contributed by atoms with Crippen LogP contribution in [0, 0.1) is 5.82 Å². The second kappa shape index (κ2) is 6.78. The first-order valence-electron chi connectivity index (χ1n) is 6.10. The van der Waals surface area contributed by atoms with Gasteiger partial charge in [0.05, 0.1) is 21.0 Å². The van der Waals surface area contributed by atoms with E-state index >= 15 is 0 Å². The van der Waals surface area contributed by atoms with Crippen LogP contribution in [-0.4, -0.2) is 16.1 Å². The molecule has 1 aromatic carbocycles. The largest absolute Gasteiger partial charge is 0.396 e. The molecular formula is C14H13ClFN3OS. The average molecular weight is 326 g/mol. The Morgan fingerprint density at radius 3 is 2.81 bits per heavy atom. The lowest BCUT2D eigenvalue weighted by molar-refractivity contribution is -0.115. The number of halogens is 2. The first kappa shape index (κ1) is 15.6. The summed E-state index contributed by atoms with van der Waals surface area (Å²) in [6.07, 6.45) is 1.52. The van der Waals surface area contributed by atoms with Crippen molar-refractivity contribution in [3.05, 3.63) is 47.4 Å². The number of nitrogens with two attached hydrogens (primary N) is 1. The van der Waals surface area contributed by atoms with Gasteiger partial charge in [-0.05, 0) is 37.3 Å². The molecule has 2 rings (SSSR count). The Morgan fingerprint density at radius 1 is 1.43 bits per heavy atom. The van der Waals surface area contributed by atoms with Gasteiger partial charge in [0.25, 0.3) is 0 Å². The summed E-state index contributed by atoms with van der Waals surface area (Å²) in [6.45, 7) is 1.75. The first-order valence-corrected chi connectivity index (χ1v) is 7.35. The summed E-state index contributed by atoms with van der Waals surface area (Å²) in [5.41, 5.74) is 5.90. The lowest BCUT2D eigenvalue weighted by atomic mass is 10.2. The van der Waals surface area contributed by atoms with Gasteiger partial charge in [0.2, 0.25) is 5.91 Å². The number of pyridine rings is 1. The van der Waals surface area contributed by atoms with Gasteiger partial charge in [-0.1, -0.05) is 23.4 Å². The molecule has 0 radical (unpaired) electrons. The van der Waals surface area contributed by atoms with Gasteiger partial charge in [0.1, 0.15) is 5.82 Å². The van der Waals surface area contributed by atoms with Crippen LogP contribution in [0.3, 0.4) is 0 Å². The van der Waals surface area contributed by atoms with Gasteiger partial charge in [-0.15, -0.1) is 0 Å². The summed E-state index contributed by atoms with van der Waals surface area (Å²) in [5, 5.41) is 3.55. The number of hydrogen-bond donors (Lipinski definition) is 2. The molecular weight excluding hydrogens is 313 g/mol. The molecule has 2 aromatic rings. The fourth-order valence-electron chi connectivity index (χ4n) is 1.53. The Hall–Kier alpha value is -1.79. The minimum Gasteiger partial charge on any atom is -0.396 e. The predicted molar refractivity (Wildman–Crippen MR) is 84.0 cm³/mol. The Bertz CT molecular complexity index is 651. The average Bonchev–Trinajstić information content (AvgIpc) is 2.45. The van der Waals surface area contributed by atoms with Crippen LogP contribution in [0.25, 0.3) is 0 Å². The monoisotopic (exact) mass is 325 g/mol. The lowest BCUT2D eigenvalue weighted by Gasteiger charge is -2.12.